The van der Waals surface area contributed by atoms with E-state index in [1.54, 1.807) is 42.6 Å². The maximum atomic E-state index is 12.0. The van der Waals surface area contributed by atoms with Crippen molar-refractivity contribution in [3.8, 4) is 0 Å². The van der Waals surface area contributed by atoms with Crippen LogP contribution in [-0.4, -0.2) is 22.8 Å². The highest BCUT2D eigenvalue weighted by Gasteiger charge is 2.23. The Morgan fingerprint density at radius 1 is 1.05 bits per heavy atom. The zero-order valence-corrected chi connectivity index (χ0v) is 11.4. The van der Waals surface area contributed by atoms with Gasteiger partial charge in [0.25, 0.3) is 11.8 Å². The van der Waals surface area contributed by atoms with Crippen LogP contribution in [0.15, 0.2) is 48.8 Å². The predicted molar refractivity (Wildman–Crippen MR) is 79.1 cm³/mol. The van der Waals surface area contributed by atoms with Crippen LogP contribution >= 0.6 is 0 Å². The highest BCUT2D eigenvalue weighted by atomic mass is 16.2. The molecule has 3 rings (SSSR count). The lowest BCUT2D eigenvalue weighted by Crippen LogP contribution is -2.25. The zero-order chi connectivity index (χ0) is 14.7. The summed E-state index contributed by atoms with van der Waals surface area (Å²) in [7, 11) is 0. The van der Waals surface area contributed by atoms with Gasteiger partial charge in [0.2, 0.25) is 0 Å². The standard InChI is InChI=1S/C16H15N3O2/c20-15(18-13-6-7-13)11-3-1-5-14(9-11)19-16(21)12-4-2-8-17-10-12/h1-5,8-10,13H,6-7H2,(H,18,20)(H,19,21). The van der Waals surface area contributed by atoms with Crippen molar-refractivity contribution in [3.05, 3.63) is 59.9 Å². The lowest BCUT2D eigenvalue weighted by molar-refractivity contribution is 0.0949. The number of hydrogen-bond donors (Lipinski definition) is 2. The average molecular weight is 281 g/mol. The van der Waals surface area contributed by atoms with Gasteiger partial charge in [-0.15, -0.1) is 0 Å². The summed E-state index contributed by atoms with van der Waals surface area (Å²) < 4.78 is 0. The van der Waals surface area contributed by atoms with E-state index in [2.05, 4.69) is 15.6 Å². The van der Waals surface area contributed by atoms with Crippen LogP contribution < -0.4 is 10.6 Å². The summed E-state index contributed by atoms with van der Waals surface area (Å²) in [5.41, 5.74) is 1.61. The van der Waals surface area contributed by atoms with Gasteiger partial charge in [-0.1, -0.05) is 6.07 Å². The van der Waals surface area contributed by atoms with Gasteiger partial charge < -0.3 is 10.6 Å². The largest absolute Gasteiger partial charge is 0.349 e. The first-order valence-corrected chi connectivity index (χ1v) is 6.85. The molecule has 0 bridgehead atoms. The maximum absolute atomic E-state index is 12.0. The number of pyridine rings is 1. The first kappa shape index (κ1) is 13.3. The van der Waals surface area contributed by atoms with Crippen molar-refractivity contribution in [3.63, 3.8) is 0 Å². The van der Waals surface area contributed by atoms with Gasteiger partial charge in [0.15, 0.2) is 0 Å². The Morgan fingerprint density at radius 2 is 1.86 bits per heavy atom. The van der Waals surface area contributed by atoms with E-state index in [1.807, 2.05) is 0 Å². The van der Waals surface area contributed by atoms with Crippen LogP contribution in [0.25, 0.3) is 0 Å². The number of rotatable bonds is 4. The number of amides is 2. The number of anilines is 1. The summed E-state index contributed by atoms with van der Waals surface area (Å²) in [4.78, 5) is 27.9. The molecule has 5 nitrogen and oxygen atoms in total. The highest BCUT2D eigenvalue weighted by Crippen LogP contribution is 2.20. The third kappa shape index (κ3) is 3.45. The molecule has 1 heterocycles. The molecule has 2 N–H and O–H groups in total. The van der Waals surface area contributed by atoms with E-state index in [0.29, 0.717) is 22.9 Å². The number of hydrogen-bond acceptors (Lipinski definition) is 3. The molecule has 2 amide bonds. The molecule has 0 atom stereocenters. The monoisotopic (exact) mass is 281 g/mol. The molecule has 21 heavy (non-hydrogen) atoms. The minimum atomic E-state index is -0.247. The summed E-state index contributed by atoms with van der Waals surface area (Å²) in [6, 6.07) is 10.6. The molecular weight excluding hydrogens is 266 g/mol. The molecule has 0 unspecified atom stereocenters. The normalized spacial score (nSPS) is 13.5. The first-order chi connectivity index (χ1) is 10.2. The van der Waals surface area contributed by atoms with Crippen LogP contribution in [0.4, 0.5) is 5.69 Å². The molecule has 1 fully saturated rings. The van der Waals surface area contributed by atoms with Gasteiger partial charge in [-0.3, -0.25) is 14.6 Å². The van der Waals surface area contributed by atoms with Crippen molar-refractivity contribution in [1.29, 1.82) is 0 Å². The third-order valence-corrected chi connectivity index (χ3v) is 3.22. The smallest absolute Gasteiger partial charge is 0.257 e. The van der Waals surface area contributed by atoms with E-state index in [-0.39, 0.29) is 11.8 Å². The van der Waals surface area contributed by atoms with Crippen molar-refractivity contribution in [1.82, 2.24) is 10.3 Å². The molecule has 106 valence electrons. The minimum absolute atomic E-state index is 0.102. The molecule has 2 aromatic rings. The van der Waals surface area contributed by atoms with Crippen LogP contribution in [0.5, 0.6) is 0 Å². The molecule has 5 heteroatoms. The Kier molecular flexibility index (Phi) is 3.64. The Bertz CT molecular complexity index is 666. The van der Waals surface area contributed by atoms with Gasteiger partial charge >= 0.3 is 0 Å². The predicted octanol–water partition coefficient (Wildman–Crippen LogP) is 2.23. The maximum Gasteiger partial charge on any atom is 0.257 e. The quantitative estimate of drug-likeness (QED) is 0.902. The van der Waals surface area contributed by atoms with Crippen molar-refractivity contribution < 1.29 is 9.59 Å². The number of carbonyl (C=O) groups is 2. The van der Waals surface area contributed by atoms with Gasteiger partial charge in [-0.25, -0.2) is 0 Å². The second-order valence-electron chi connectivity index (χ2n) is 5.02. The summed E-state index contributed by atoms with van der Waals surface area (Å²) in [6.07, 6.45) is 5.20. The molecule has 1 aromatic carbocycles. The van der Waals surface area contributed by atoms with E-state index in [1.165, 1.54) is 6.20 Å². The Hall–Kier alpha value is -2.69. The van der Waals surface area contributed by atoms with E-state index < -0.39 is 0 Å². The number of nitrogens with zero attached hydrogens (tertiary/aromatic N) is 1. The van der Waals surface area contributed by atoms with Crippen LogP contribution in [-0.2, 0) is 0 Å². The number of nitrogens with one attached hydrogen (secondary N) is 2. The SMILES string of the molecule is O=C(Nc1cccc(C(=O)NC2CC2)c1)c1cccnc1. The highest BCUT2D eigenvalue weighted by molar-refractivity contribution is 6.04. The zero-order valence-electron chi connectivity index (χ0n) is 11.4. The Balaban J connectivity index is 1.70. The second kappa shape index (κ2) is 5.75. The number of carbonyl (C=O) groups excluding carboxylic acids is 2. The van der Waals surface area contributed by atoms with Crippen LogP contribution in [0, 0.1) is 0 Å². The van der Waals surface area contributed by atoms with Crippen molar-refractivity contribution in [2.45, 2.75) is 18.9 Å². The Morgan fingerprint density at radius 3 is 2.57 bits per heavy atom. The first-order valence-electron chi connectivity index (χ1n) is 6.85. The third-order valence-electron chi connectivity index (χ3n) is 3.22. The molecule has 1 aromatic heterocycles. The fourth-order valence-corrected chi connectivity index (χ4v) is 1.93. The summed E-state index contributed by atoms with van der Waals surface area (Å²) in [5, 5.41) is 5.68. The topological polar surface area (TPSA) is 71.1 Å². The van der Waals surface area contributed by atoms with Crippen LogP contribution in [0.1, 0.15) is 33.6 Å². The van der Waals surface area contributed by atoms with E-state index in [0.717, 1.165) is 12.8 Å². The van der Waals surface area contributed by atoms with Gasteiger partial charge in [0.1, 0.15) is 0 Å². The molecule has 0 saturated heterocycles. The van der Waals surface area contributed by atoms with E-state index in [9.17, 15) is 9.59 Å². The fraction of sp³-hybridized carbons (Fsp3) is 0.188. The molecule has 0 radical (unpaired) electrons. The summed E-state index contributed by atoms with van der Waals surface area (Å²) in [6.45, 7) is 0. The van der Waals surface area contributed by atoms with Crippen molar-refractivity contribution >= 4 is 17.5 Å². The van der Waals surface area contributed by atoms with Crippen LogP contribution in [0.2, 0.25) is 0 Å². The molecule has 1 aliphatic rings. The number of benzene rings is 1. The molecule has 0 spiro atoms. The van der Waals surface area contributed by atoms with Crippen LogP contribution in [0.3, 0.4) is 0 Å². The van der Waals surface area contributed by atoms with E-state index in [4.69, 9.17) is 0 Å². The lowest BCUT2D eigenvalue weighted by Gasteiger charge is -2.07. The fourth-order valence-electron chi connectivity index (χ4n) is 1.93. The van der Waals surface area contributed by atoms with Crippen molar-refractivity contribution in [2.24, 2.45) is 0 Å². The van der Waals surface area contributed by atoms with Gasteiger partial charge in [0.05, 0.1) is 5.56 Å². The van der Waals surface area contributed by atoms with Gasteiger partial charge in [-0.2, -0.15) is 0 Å². The minimum Gasteiger partial charge on any atom is -0.349 e. The lowest BCUT2D eigenvalue weighted by atomic mass is 10.1. The Labute approximate surface area is 122 Å². The summed E-state index contributed by atoms with van der Waals surface area (Å²) in [5.74, 6) is -0.349. The summed E-state index contributed by atoms with van der Waals surface area (Å²) >= 11 is 0. The number of aromatic nitrogens is 1. The van der Waals surface area contributed by atoms with Gasteiger partial charge in [-0.05, 0) is 43.2 Å². The average Bonchev–Trinajstić information content (AvgIpc) is 3.32. The second-order valence-corrected chi connectivity index (χ2v) is 5.02. The van der Waals surface area contributed by atoms with Gasteiger partial charge in [0, 0.05) is 29.7 Å². The molecule has 1 saturated carbocycles. The molecule has 0 aliphatic heterocycles. The molecular formula is C16H15N3O2. The van der Waals surface area contributed by atoms with E-state index >= 15 is 0 Å². The molecule has 1 aliphatic carbocycles. The van der Waals surface area contributed by atoms with Crippen molar-refractivity contribution in [2.75, 3.05) is 5.32 Å².